The molecule has 6 heteroatoms. The molecular weight excluding hydrogens is 359 g/mol. The van der Waals surface area contributed by atoms with E-state index in [-0.39, 0.29) is 17.1 Å². The van der Waals surface area contributed by atoms with Crippen LogP contribution in [0.3, 0.4) is 0 Å². The predicted molar refractivity (Wildman–Crippen MR) is 98.2 cm³/mol. The van der Waals surface area contributed by atoms with Crippen LogP contribution in [0.4, 0.5) is 5.88 Å². The number of rotatable bonds is 1. The number of Topliss-reactive ketones (excluding diaryl/α,β-unsaturated/α-hetero) is 1. The van der Waals surface area contributed by atoms with Crippen molar-refractivity contribution >= 4 is 34.9 Å². The fourth-order valence-electron chi connectivity index (χ4n) is 3.89. The van der Waals surface area contributed by atoms with Crippen molar-refractivity contribution in [3.05, 3.63) is 56.3 Å². The molecule has 0 saturated carbocycles. The standard InChI is InChI=1S/C19H18Cl2N2O2/c1-9-15-16(10-4-5-11(20)12(21)6-10)17-13(22-18(15)25-23-9)7-19(2,3)8-14(17)24/h4-6,16,22H,7-8H2,1-3H3/t16-/m0/s1. The van der Waals surface area contributed by atoms with Gasteiger partial charge in [0.1, 0.15) is 0 Å². The van der Waals surface area contributed by atoms with Crippen molar-refractivity contribution in [3.63, 3.8) is 0 Å². The molecule has 130 valence electrons. The second kappa shape index (κ2) is 5.61. The lowest BCUT2D eigenvalue weighted by atomic mass is 9.69. The first-order valence-electron chi connectivity index (χ1n) is 8.21. The summed E-state index contributed by atoms with van der Waals surface area (Å²) in [5.41, 5.74) is 4.20. The Morgan fingerprint density at radius 3 is 2.72 bits per heavy atom. The van der Waals surface area contributed by atoms with Gasteiger partial charge in [-0.25, -0.2) is 0 Å². The van der Waals surface area contributed by atoms with Crippen molar-refractivity contribution < 1.29 is 9.32 Å². The summed E-state index contributed by atoms with van der Waals surface area (Å²) in [4.78, 5) is 13.0. The Morgan fingerprint density at radius 2 is 2.00 bits per heavy atom. The summed E-state index contributed by atoms with van der Waals surface area (Å²) in [5.74, 6) is 0.523. The highest BCUT2D eigenvalue weighted by Gasteiger charge is 2.42. The third-order valence-corrected chi connectivity index (χ3v) is 5.69. The Hall–Kier alpha value is -1.78. The number of benzene rings is 1. The topological polar surface area (TPSA) is 55.1 Å². The number of carbonyl (C=O) groups excluding carboxylic acids is 1. The van der Waals surface area contributed by atoms with E-state index in [9.17, 15) is 4.79 Å². The highest BCUT2D eigenvalue weighted by molar-refractivity contribution is 6.42. The van der Waals surface area contributed by atoms with Crippen LogP contribution in [0, 0.1) is 12.3 Å². The summed E-state index contributed by atoms with van der Waals surface area (Å²) in [5, 5.41) is 8.36. The zero-order chi connectivity index (χ0) is 17.9. The van der Waals surface area contributed by atoms with Crippen molar-refractivity contribution in [2.75, 3.05) is 5.32 Å². The molecule has 1 aliphatic heterocycles. The van der Waals surface area contributed by atoms with Crippen LogP contribution < -0.4 is 5.32 Å². The van der Waals surface area contributed by atoms with Gasteiger partial charge in [-0.1, -0.05) is 48.3 Å². The number of halogens is 2. The maximum Gasteiger partial charge on any atom is 0.233 e. The molecule has 0 spiro atoms. The number of aryl methyl sites for hydroxylation is 1. The Balaban J connectivity index is 1.94. The summed E-state index contributed by atoms with van der Waals surface area (Å²) in [6.45, 7) is 6.09. The third kappa shape index (κ3) is 2.68. The monoisotopic (exact) mass is 376 g/mol. The molecule has 25 heavy (non-hydrogen) atoms. The molecule has 1 aromatic carbocycles. The summed E-state index contributed by atoms with van der Waals surface area (Å²) in [6, 6.07) is 5.51. The number of hydrogen-bond acceptors (Lipinski definition) is 4. The number of ketones is 1. The van der Waals surface area contributed by atoms with Gasteiger partial charge in [0, 0.05) is 23.6 Å². The van der Waals surface area contributed by atoms with E-state index in [1.807, 2.05) is 19.1 Å². The van der Waals surface area contributed by atoms with Crippen molar-refractivity contribution in [1.82, 2.24) is 5.16 Å². The number of carbonyl (C=O) groups is 1. The van der Waals surface area contributed by atoms with Crippen LogP contribution in [0.1, 0.15) is 49.4 Å². The summed E-state index contributed by atoms with van der Waals surface area (Å²) in [7, 11) is 0. The van der Waals surface area contributed by atoms with Crippen LogP contribution in [-0.4, -0.2) is 10.9 Å². The lowest BCUT2D eigenvalue weighted by Crippen LogP contribution is -2.33. The molecule has 0 fully saturated rings. The molecule has 0 radical (unpaired) electrons. The Labute approximate surface area is 156 Å². The van der Waals surface area contributed by atoms with Crippen molar-refractivity contribution in [2.24, 2.45) is 5.41 Å². The average Bonchev–Trinajstić information content (AvgIpc) is 2.88. The van der Waals surface area contributed by atoms with E-state index in [1.165, 1.54) is 0 Å². The maximum atomic E-state index is 13.0. The molecular formula is C19H18Cl2N2O2. The van der Waals surface area contributed by atoms with Gasteiger partial charge < -0.3 is 9.84 Å². The van der Waals surface area contributed by atoms with Crippen molar-refractivity contribution in [3.8, 4) is 0 Å². The largest absolute Gasteiger partial charge is 0.338 e. The fraction of sp³-hybridized carbons (Fsp3) is 0.368. The van der Waals surface area contributed by atoms with Gasteiger partial charge in [0.25, 0.3) is 0 Å². The number of fused-ring (bicyclic) bond motifs is 1. The smallest absolute Gasteiger partial charge is 0.233 e. The molecule has 2 heterocycles. The molecule has 0 bridgehead atoms. The predicted octanol–water partition coefficient (Wildman–Crippen LogP) is 5.49. The molecule has 1 atom stereocenters. The van der Waals surface area contributed by atoms with Gasteiger partial charge in [0.2, 0.25) is 5.88 Å². The number of allylic oxidation sites excluding steroid dienone is 2. The zero-order valence-corrected chi connectivity index (χ0v) is 15.8. The van der Waals surface area contributed by atoms with E-state index in [4.69, 9.17) is 27.7 Å². The maximum absolute atomic E-state index is 13.0. The van der Waals surface area contributed by atoms with Crippen LogP contribution >= 0.6 is 23.2 Å². The van der Waals surface area contributed by atoms with Crippen LogP contribution in [0.5, 0.6) is 0 Å². The minimum absolute atomic E-state index is 0.0856. The Bertz CT molecular complexity index is 928. The van der Waals surface area contributed by atoms with E-state index >= 15 is 0 Å². The number of anilines is 1. The Kier molecular flexibility index (Phi) is 3.74. The highest BCUT2D eigenvalue weighted by Crippen LogP contribution is 2.50. The van der Waals surface area contributed by atoms with Gasteiger partial charge in [0.15, 0.2) is 5.78 Å². The average molecular weight is 377 g/mol. The van der Waals surface area contributed by atoms with Gasteiger partial charge in [-0.3, -0.25) is 4.79 Å². The minimum Gasteiger partial charge on any atom is -0.338 e. The van der Waals surface area contributed by atoms with Gasteiger partial charge in [-0.15, -0.1) is 0 Å². The number of hydrogen-bond donors (Lipinski definition) is 1. The first kappa shape index (κ1) is 16.7. The quantitative estimate of drug-likeness (QED) is 0.714. The minimum atomic E-state index is -0.240. The Morgan fingerprint density at radius 1 is 1.24 bits per heavy atom. The molecule has 4 rings (SSSR count). The molecule has 0 unspecified atom stereocenters. The number of nitrogens with zero attached hydrogens (tertiary/aromatic N) is 1. The van der Waals surface area contributed by atoms with Crippen LogP contribution in [0.15, 0.2) is 34.0 Å². The lowest BCUT2D eigenvalue weighted by Gasteiger charge is -2.37. The second-order valence-corrected chi connectivity index (χ2v) is 8.39. The SMILES string of the molecule is Cc1noc2c1[C@H](c1ccc(Cl)c(Cl)c1)C1=C(CC(C)(C)CC1=O)N2. The molecule has 2 aromatic rings. The van der Waals surface area contributed by atoms with E-state index in [0.717, 1.165) is 34.5 Å². The number of nitrogens with one attached hydrogen (secondary N) is 1. The number of aromatic nitrogens is 1. The molecule has 0 saturated heterocycles. The van der Waals surface area contributed by atoms with Gasteiger partial charge in [-0.05, 0) is 36.5 Å². The van der Waals surface area contributed by atoms with Gasteiger partial charge in [0.05, 0.1) is 21.3 Å². The molecule has 1 aliphatic carbocycles. The van der Waals surface area contributed by atoms with E-state index in [1.54, 1.807) is 6.07 Å². The molecule has 0 amide bonds. The van der Waals surface area contributed by atoms with E-state index < -0.39 is 0 Å². The normalized spacial score (nSPS) is 21.6. The first-order valence-corrected chi connectivity index (χ1v) is 8.97. The third-order valence-electron chi connectivity index (χ3n) is 4.95. The summed E-state index contributed by atoms with van der Waals surface area (Å²) < 4.78 is 5.48. The van der Waals surface area contributed by atoms with Crippen LogP contribution in [0.25, 0.3) is 0 Å². The fourth-order valence-corrected chi connectivity index (χ4v) is 4.20. The van der Waals surface area contributed by atoms with Crippen LogP contribution in [-0.2, 0) is 4.79 Å². The van der Waals surface area contributed by atoms with Crippen molar-refractivity contribution in [2.45, 2.75) is 39.5 Å². The molecule has 1 N–H and O–H groups in total. The zero-order valence-electron chi connectivity index (χ0n) is 14.2. The first-order chi connectivity index (χ1) is 11.8. The van der Waals surface area contributed by atoms with Crippen molar-refractivity contribution in [1.29, 1.82) is 0 Å². The summed E-state index contributed by atoms with van der Waals surface area (Å²) >= 11 is 12.3. The lowest BCUT2D eigenvalue weighted by molar-refractivity contribution is -0.118. The van der Waals surface area contributed by atoms with E-state index in [2.05, 4.69) is 24.3 Å². The highest BCUT2D eigenvalue weighted by atomic mass is 35.5. The van der Waals surface area contributed by atoms with Gasteiger partial charge >= 0.3 is 0 Å². The molecule has 2 aliphatic rings. The second-order valence-electron chi connectivity index (χ2n) is 7.58. The molecule has 4 nitrogen and oxygen atoms in total. The van der Waals surface area contributed by atoms with E-state index in [0.29, 0.717) is 22.4 Å². The van der Waals surface area contributed by atoms with Crippen LogP contribution in [0.2, 0.25) is 10.0 Å². The van der Waals surface area contributed by atoms with Gasteiger partial charge in [-0.2, -0.15) is 0 Å². The summed E-state index contributed by atoms with van der Waals surface area (Å²) in [6.07, 6.45) is 1.30. The molecule has 1 aromatic heterocycles.